The van der Waals surface area contributed by atoms with Crippen molar-refractivity contribution in [2.45, 2.75) is 19.7 Å². The second-order valence-electron chi connectivity index (χ2n) is 5.82. The summed E-state index contributed by atoms with van der Waals surface area (Å²) in [5.41, 5.74) is 1.88. The third-order valence-electron chi connectivity index (χ3n) is 3.69. The van der Waals surface area contributed by atoms with E-state index in [1.165, 1.54) is 12.1 Å². The molecule has 7 heteroatoms. The molecule has 0 spiro atoms. The lowest BCUT2D eigenvalue weighted by Crippen LogP contribution is -2.17. The van der Waals surface area contributed by atoms with E-state index in [0.717, 1.165) is 11.1 Å². The van der Waals surface area contributed by atoms with E-state index in [1.54, 1.807) is 30.5 Å². The topological polar surface area (TPSA) is 38.5 Å². The van der Waals surface area contributed by atoms with Crippen LogP contribution >= 0.6 is 11.6 Å². The molecule has 0 fully saturated rings. The predicted molar refractivity (Wildman–Crippen MR) is 95.2 cm³/mol. The number of aromatic nitrogens is 1. The Morgan fingerprint density at radius 1 is 1.08 bits per heavy atom. The highest BCUT2D eigenvalue weighted by Crippen LogP contribution is 2.23. The smallest absolute Gasteiger partial charge is 0.387 e. The number of alkyl halides is 2. The summed E-state index contributed by atoms with van der Waals surface area (Å²) in [5.74, 6) is 1.42. The van der Waals surface area contributed by atoms with Crippen LogP contribution in [0, 0.1) is 0 Å². The lowest BCUT2D eigenvalue weighted by Gasteiger charge is -2.15. The Morgan fingerprint density at radius 3 is 2.42 bits per heavy atom. The molecule has 26 heavy (non-hydrogen) atoms. The molecule has 1 heterocycles. The van der Waals surface area contributed by atoms with Crippen LogP contribution in [0.1, 0.15) is 11.5 Å². The Morgan fingerprint density at radius 2 is 1.77 bits per heavy atom. The van der Waals surface area contributed by atoms with Crippen molar-refractivity contribution in [3.05, 3.63) is 71.2 Å². The van der Waals surface area contributed by atoms with Crippen LogP contribution < -0.4 is 4.74 Å². The normalized spacial score (nSPS) is 11.3. The van der Waals surface area contributed by atoms with E-state index in [-0.39, 0.29) is 5.75 Å². The van der Waals surface area contributed by atoms with Crippen molar-refractivity contribution in [2.24, 2.45) is 0 Å². The van der Waals surface area contributed by atoms with Crippen molar-refractivity contribution >= 4 is 11.6 Å². The number of ether oxygens (including phenoxy) is 1. The lowest BCUT2D eigenvalue weighted by molar-refractivity contribution is -0.0498. The fourth-order valence-electron chi connectivity index (χ4n) is 2.51. The second kappa shape index (κ2) is 8.29. The summed E-state index contributed by atoms with van der Waals surface area (Å²) in [4.78, 5) is 6.31. The van der Waals surface area contributed by atoms with Gasteiger partial charge in [0, 0.05) is 17.1 Å². The van der Waals surface area contributed by atoms with Gasteiger partial charge >= 0.3 is 6.61 Å². The van der Waals surface area contributed by atoms with Crippen LogP contribution in [-0.4, -0.2) is 23.5 Å². The minimum absolute atomic E-state index is 0.145. The Labute approximate surface area is 155 Å². The quantitative estimate of drug-likeness (QED) is 0.564. The molecule has 0 N–H and O–H groups in total. The van der Waals surface area contributed by atoms with Gasteiger partial charge in [0.25, 0.3) is 0 Å². The van der Waals surface area contributed by atoms with Gasteiger partial charge in [0.15, 0.2) is 5.76 Å². The molecular weight excluding hydrogens is 362 g/mol. The van der Waals surface area contributed by atoms with Crippen LogP contribution in [-0.2, 0) is 13.1 Å². The zero-order chi connectivity index (χ0) is 18.5. The van der Waals surface area contributed by atoms with E-state index in [2.05, 4.69) is 9.72 Å². The van der Waals surface area contributed by atoms with Crippen molar-refractivity contribution < 1.29 is 17.9 Å². The van der Waals surface area contributed by atoms with E-state index < -0.39 is 6.61 Å². The standard InChI is InChI=1S/C19H17ClF2N2O2/c1-24(11-13-2-8-16(9-3-13)25-19(21)22)12-18-23-10-17(26-18)14-4-6-15(20)7-5-14/h2-10,19H,11-12H2,1H3. The van der Waals surface area contributed by atoms with Crippen molar-refractivity contribution in [1.82, 2.24) is 9.88 Å². The summed E-state index contributed by atoms with van der Waals surface area (Å²) in [7, 11) is 1.93. The molecule has 0 unspecified atom stereocenters. The van der Waals surface area contributed by atoms with Crippen LogP contribution in [0.5, 0.6) is 5.75 Å². The number of nitrogens with zero attached hydrogens (tertiary/aromatic N) is 2. The minimum atomic E-state index is -2.82. The Balaban J connectivity index is 1.58. The van der Waals surface area contributed by atoms with Gasteiger partial charge in [-0.3, -0.25) is 4.90 Å². The number of benzene rings is 2. The first-order valence-electron chi connectivity index (χ1n) is 7.92. The van der Waals surface area contributed by atoms with Gasteiger partial charge in [-0.2, -0.15) is 8.78 Å². The number of halogens is 3. The predicted octanol–water partition coefficient (Wildman–Crippen LogP) is 5.23. The van der Waals surface area contributed by atoms with Gasteiger partial charge in [-0.05, 0) is 49.0 Å². The third kappa shape index (κ3) is 5.03. The van der Waals surface area contributed by atoms with Gasteiger partial charge < -0.3 is 9.15 Å². The monoisotopic (exact) mass is 378 g/mol. The molecule has 3 aromatic rings. The first-order valence-corrected chi connectivity index (χ1v) is 8.30. The molecule has 0 aliphatic heterocycles. The average molecular weight is 379 g/mol. The average Bonchev–Trinajstić information content (AvgIpc) is 3.05. The Hall–Kier alpha value is -2.44. The molecule has 0 saturated heterocycles. The van der Waals surface area contributed by atoms with E-state index in [1.807, 2.05) is 24.1 Å². The highest BCUT2D eigenvalue weighted by molar-refractivity contribution is 6.30. The number of hydrogen-bond acceptors (Lipinski definition) is 4. The van der Waals surface area contributed by atoms with Gasteiger partial charge in [0.05, 0.1) is 12.7 Å². The van der Waals surface area contributed by atoms with Crippen molar-refractivity contribution in [3.8, 4) is 17.1 Å². The van der Waals surface area contributed by atoms with Crippen LogP contribution in [0.25, 0.3) is 11.3 Å². The number of oxazole rings is 1. The Bertz CT molecular complexity index is 836. The summed E-state index contributed by atoms with van der Waals surface area (Å²) in [6, 6.07) is 13.9. The van der Waals surface area contributed by atoms with Crippen molar-refractivity contribution in [2.75, 3.05) is 7.05 Å². The summed E-state index contributed by atoms with van der Waals surface area (Å²) >= 11 is 5.89. The molecule has 0 atom stereocenters. The van der Waals surface area contributed by atoms with Gasteiger partial charge in [0.1, 0.15) is 5.75 Å². The molecule has 1 aromatic heterocycles. The van der Waals surface area contributed by atoms with Crippen molar-refractivity contribution in [1.29, 1.82) is 0 Å². The maximum Gasteiger partial charge on any atom is 0.387 e. The number of hydrogen-bond donors (Lipinski definition) is 0. The van der Waals surface area contributed by atoms with Crippen LogP contribution in [0.15, 0.2) is 59.1 Å². The molecule has 3 rings (SSSR count). The maximum atomic E-state index is 12.2. The van der Waals surface area contributed by atoms with E-state index in [4.69, 9.17) is 16.0 Å². The van der Waals surface area contributed by atoms with Crippen molar-refractivity contribution in [3.63, 3.8) is 0 Å². The van der Waals surface area contributed by atoms with E-state index in [9.17, 15) is 8.78 Å². The zero-order valence-electron chi connectivity index (χ0n) is 14.0. The van der Waals surface area contributed by atoms with Crippen LogP contribution in [0.4, 0.5) is 8.78 Å². The first-order chi connectivity index (χ1) is 12.5. The molecule has 0 saturated carbocycles. The fraction of sp³-hybridized carbons (Fsp3) is 0.211. The second-order valence-corrected chi connectivity index (χ2v) is 6.26. The van der Waals surface area contributed by atoms with Crippen LogP contribution in [0.2, 0.25) is 5.02 Å². The first kappa shape index (κ1) is 18.4. The van der Waals surface area contributed by atoms with E-state index in [0.29, 0.717) is 29.8 Å². The summed E-state index contributed by atoms with van der Waals surface area (Å²) in [6.45, 7) is -1.68. The summed E-state index contributed by atoms with van der Waals surface area (Å²) in [5, 5.41) is 0.665. The molecule has 2 aromatic carbocycles. The SMILES string of the molecule is CN(Cc1ccc(OC(F)F)cc1)Cc1ncc(-c2ccc(Cl)cc2)o1. The lowest BCUT2D eigenvalue weighted by atomic mass is 10.2. The minimum Gasteiger partial charge on any atom is -0.439 e. The van der Waals surface area contributed by atoms with Gasteiger partial charge in [-0.1, -0.05) is 23.7 Å². The zero-order valence-corrected chi connectivity index (χ0v) is 14.8. The largest absolute Gasteiger partial charge is 0.439 e. The van der Waals surface area contributed by atoms with Gasteiger partial charge in [-0.25, -0.2) is 4.98 Å². The molecule has 0 aliphatic carbocycles. The summed E-state index contributed by atoms with van der Waals surface area (Å²) in [6.07, 6.45) is 1.68. The molecular formula is C19H17ClF2N2O2. The fourth-order valence-corrected chi connectivity index (χ4v) is 2.63. The molecule has 0 radical (unpaired) electrons. The number of rotatable bonds is 7. The molecule has 4 nitrogen and oxygen atoms in total. The van der Waals surface area contributed by atoms with E-state index >= 15 is 0 Å². The van der Waals surface area contributed by atoms with Gasteiger partial charge in [-0.15, -0.1) is 0 Å². The summed E-state index contributed by atoms with van der Waals surface area (Å²) < 4.78 is 34.5. The molecule has 0 bridgehead atoms. The van der Waals surface area contributed by atoms with Gasteiger partial charge in [0.2, 0.25) is 5.89 Å². The highest BCUT2D eigenvalue weighted by Gasteiger charge is 2.10. The Kier molecular flexibility index (Phi) is 5.85. The highest BCUT2D eigenvalue weighted by atomic mass is 35.5. The third-order valence-corrected chi connectivity index (χ3v) is 3.94. The maximum absolute atomic E-state index is 12.2. The molecule has 0 amide bonds. The van der Waals surface area contributed by atoms with Crippen LogP contribution in [0.3, 0.4) is 0 Å². The molecule has 0 aliphatic rings. The molecule has 136 valence electrons.